The number of nitrogens with zero attached hydrogens (tertiary/aromatic N) is 4. The molecule has 2 aromatic rings. The molecule has 0 bridgehead atoms. The summed E-state index contributed by atoms with van der Waals surface area (Å²) in [4.78, 5) is 32.0. The summed E-state index contributed by atoms with van der Waals surface area (Å²) in [6.45, 7) is 4.16. The Labute approximate surface area is 187 Å². The topological polar surface area (TPSA) is 136 Å². The molecule has 4 rings (SSSR count). The summed E-state index contributed by atoms with van der Waals surface area (Å²) >= 11 is 0. The maximum absolute atomic E-state index is 12.1. The molecule has 13 heteroatoms. The van der Waals surface area contributed by atoms with Crippen molar-refractivity contribution in [2.45, 2.75) is 51.4 Å². The smallest absolute Gasteiger partial charge is 0.475 e. The van der Waals surface area contributed by atoms with Gasteiger partial charge in [-0.3, -0.25) is 14.6 Å². The molecule has 1 aliphatic carbocycles. The number of carbonyl (C=O) groups is 1. The lowest BCUT2D eigenvalue weighted by molar-refractivity contribution is -0.192. The third-order valence-electron chi connectivity index (χ3n) is 5.96. The van der Waals surface area contributed by atoms with Crippen LogP contribution in [0, 0.1) is 12.8 Å². The van der Waals surface area contributed by atoms with Crippen molar-refractivity contribution < 1.29 is 28.2 Å². The standard InChI is InChI=1S/C18H26N6O2.C2HF3O2/c1-11-16(19-8-12-4-3-5-15(12)25)20-10-21-17(11)24-7-6-13-14(9-24)22-23(2)18(13)26;3-2(4,5)1(6)7/h10,12,15,22,25H,3-9H2,1-2H3,(H,19,20,21);(H,6,7). The van der Waals surface area contributed by atoms with Crippen LogP contribution in [0.15, 0.2) is 11.1 Å². The van der Waals surface area contributed by atoms with Crippen molar-refractivity contribution in [1.29, 1.82) is 0 Å². The molecule has 10 nitrogen and oxygen atoms in total. The number of aromatic nitrogens is 4. The van der Waals surface area contributed by atoms with Gasteiger partial charge in [-0.05, 0) is 26.2 Å². The third kappa shape index (κ3) is 5.64. The number of aliphatic hydroxyl groups is 1. The molecule has 1 fully saturated rings. The Kier molecular flexibility index (Phi) is 7.30. The Balaban J connectivity index is 0.000000383. The van der Waals surface area contributed by atoms with Crippen molar-refractivity contribution in [3.05, 3.63) is 33.5 Å². The first kappa shape index (κ1) is 24.6. The Bertz CT molecular complexity index is 1050. The van der Waals surface area contributed by atoms with E-state index in [4.69, 9.17) is 9.90 Å². The van der Waals surface area contributed by atoms with E-state index in [0.717, 1.165) is 60.8 Å². The van der Waals surface area contributed by atoms with Gasteiger partial charge in [-0.2, -0.15) is 13.2 Å². The number of aryl methyl sites for hydroxylation is 1. The molecule has 2 aromatic heterocycles. The third-order valence-corrected chi connectivity index (χ3v) is 5.96. The number of H-pyrrole nitrogens is 1. The summed E-state index contributed by atoms with van der Waals surface area (Å²) in [6, 6.07) is 0. The zero-order valence-electron chi connectivity index (χ0n) is 18.3. The minimum Gasteiger partial charge on any atom is -0.475 e. The average molecular weight is 472 g/mol. The van der Waals surface area contributed by atoms with Gasteiger partial charge in [-0.25, -0.2) is 14.8 Å². The van der Waals surface area contributed by atoms with Crippen LogP contribution in [0.1, 0.15) is 36.1 Å². The molecule has 2 unspecified atom stereocenters. The lowest BCUT2D eigenvalue weighted by Gasteiger charge is -2.29. The summed E-state index contributed by atoms with van der Waals surface area (Å²) in [5.74, 6) is -0.751. The first-order valence-corrected chi connectivity index (χ1v) is 10.5. The number of anilines is 2. The highest BCUT2D eigenvalue weighted by molar-refractivity contribution is 5.73. The average Bonchev–Trinajstić information content (AvgIpc) is 3.29. The minimum absolute atomic E-state index is 0.0662. The van der Waals surface area contributed by atoms with Crippen molar-refractivity contribution in [3.8, 4) is 0 Å². The molecular weight excluding hydrogens is 445 g/mol. The quantitative estimate of drug-likeness (QED) is 0.527. The van der Waals surface area contributed by atoms with Gasteiger partial charge in [0, 0.05) is 37.2 Å². The molecule has 182 valence electrons. The number of hydrogen-bond donors (Lipinski definition) is 4. The number of aliphatic carboxylic acids is 1. The Morgan fingerprint density at radius 2 is 2.03 bits per heavy atom. The number of alkyl halides is 3. The molecule has 4 N–H and O–H groups in total. The van der Waals surface area contributed by atoms with E-state index in [-0.39, 0.29) is 11.7 Å². The van der Waals surface area contributed by atoms with E-state index in [1.165, 1.54) is 0 Å². The highest BCUT2D eigenvalue weighted by Crippen LogP contribution is 2.29. The number of carboxylic acids is 1. The van der Waals surface area contributed by atoms with Gasteiger partial charge in [0.05, 0.1) is 18.3 Å². The Hall–Kier alpha value is -3.09. The lowest BCUT2D eigenvalue weighted by atomic mass is 10.1. The molecule has 1 saturated carbocycles. The van der Waals surface area contributed by atoms with Gasteiger partial charge in [0.25, 0.3) is 5.56 Å². The molecule has 0 aromatic carbocycles. The van der Waals surface area contributed by atoms with Crippen LogP contribution in [0.2, 0.25) is 0 Å². The number of aromatic amines is 1. The second kappa shape index (κ2) is 9.81. The summed E-state index contributed by atoms with van der Waals surface area (Å²) in [7, 11) is 1.75. The molecule has 0 saturated heterocycles. The molecule has 0 radical (unpaired) electrons. The maximum atomic E-state index is 12.1. The molecule has 0 spiro atoms. The molecule has 33 heavy (non-hydrogen) atoms. The predicted octanol–water partition coefficient (Wildman–Crippen LogP) is 1.58. The number of hydrogen-bond acceptors (Lipinski definition) is 7. The minimum atomic E-state index is -5.08. The van der Waals surface area contributed by atoms with E-state index in [9.17, 15) is 23.1 Å². The van der Waals surface area contributed by atoms with E-state index in [1.807, 2.05) is 6.92 Å². The molecule has 3 heterocycles. The number of fused-ring (bicyclic) bond motifs is 1. The Morgan fingerprint density at radius 1 is 1.33 bits per heavy atom. The highest BCUT2D eigenvalue weighted by atomic mass is 19.4. The van der Waals surface area contributed by atoms with Crippen LogP contribution in [-0.4, -0.2) is 61.3 Å². The number of halogens is 3. The molecule has 1 aliphatic heterocycles. The normalized spacial score (nSPS) is 20.1. The predicted molar refractivity (Wildman–Crippen MR) is 113 cm³/mol. The number of carboxylic acid groups (broad SMARTS) is 1. The van der Waals surface area contributed by atoms with Crippen LogP contribution in [-0.2, 0) is 24.8 Å². The van der Waals surface area contributed by atoms with E-state index < -0.39 is 12.1 Å². The van der Waals surface area contributed by atoms with Gasteiger partial charge in [0.15, 0.2) is 0 Å². The van der Waals surface area contributed by atoms with Crippen molar-refractivity contribution in [2.24, 2.45) is 13.0 Å². The molecule has 2 aliphatic rings. The maximum Gasteiger partial charge on any atom is 0.490 e. The van der Waals surface area contributed by atoms with Crippen LogP contribution in [0.5, 0.6) is 0 Å². The first-order chi connectivity index (χ1) is 15.5. The summed E-state index contributed by atoms with van der Waals surface area (Å²) in [5, 5.41) is 23.7. The zero-order valence-corrected chi connectivity index (χ0v) is 18.3. The van der Waals surface area contributed by atoms with Gasteiger partial charge in [-0.15, -0.1) is 0 Å². The SMILES string of the molecule is Cc1c(NCC2CCCC2O)ncnc1N1CCc2c([nH]n(C)c2=O)C1.O=C(O)C(F)(F)F. The highest BCUT2D eigenvalue weighted by Gasteiger charge is 2.38. The first-order valence-electron chi connectivity index (χ1n) is 10.5. The van der Waals surface area contributed by atoms with Crippen LogP contribution >= 0.6 is 0 Å². The van der Waals surface area contributed by atoms with Crippen molar-refractivity contribution in [2.75, 3.05) is 23.3 Å². The zero-order chi connectivity index (χ0) is 24.3. The van der Waals surface area contributed by atoms with E-state index in [1.54, 1.807) is 18.1 Å². The fourth-order valence-electron chi connectivity index (χ4n) is 4.16. The number of nitrogens with one attached hydrogen (secondary N) is 2. The fourth-order valence-corrected chi connectivity index (χ4v) is 4.16. The summed E-state index contributed by atoms with van der Waals surface area (Å²) < 4.78 is 33.3. The van der Waals surface area contributed by atoms with Gasteiger partial charge >= 0.3 is 12.1 Å². The van der Waals surface area contributed by atoms with Gasteiger partial charge in [-0.1, -0.05) is 6.42 Å². The molecule has 2 atom stereocenters. The summed E-state index contributed by atoms with van der Waals surface area (Å²) in [5.41, 5.74) is 2.91. The lowest BCUT2D eigenvalue weighted by Crippen LogP contribution is -2.33. The second-order valence-electron chi connectivity index (χ2n) is 8.22. The van der Waals surface area contributed by atoms with Gasteiger partial charge in [0.2, 0.25) is 0 Å². The van der Waals surface area contributed by atoms with Crippen molar-refractivity contribution in [1.82, 2.24) is 19.7 Å². The van der Waals surface area contributed by atoms with Crippen LogP contribution in [0.3, 0.4) is 0 Å². The van der Waals surface area contributed by atoms with Gasteiger partial charge < -0.3 is 20.4 Å². The van der Waals surface area contributed by atoms with E-state index in [2.05, 4.69) is 25.3 Å². The van der Waals surface area contributed by atoms with Gasteiger partial charge in [0.1, 0.15) is 18.0 Å². The van der Waals surface area contributed by atoms with Crippen molar-refractivity contribution >= 4 is 17.6 Å². The van der Waals surface area contributed by atoms with Crippen LogP contribution < -0.4 is 15.8 Å². The van der Waals surface area contributed by atoms with Crippen LogP contribution in [0.4, 0.5) is 24.8 Å². The fraction of sp³-hybridized carbons (Fsp3) is 0.600. The second-order valence-corrected chi connectivity index (χ2v) is 8.22. The van der Waals surface area contributed by atoms with Crippen LogP contribution in [0.25, 0.3) is 0 Å². The number of aliphatic hydroxyl groups excluding tert-OH is 1. The van der Waals surface area contributed by atoms with E-state index in [0.29, 0.717) is 18.9 Å². The summed E-state index contributed by atoms with van der Waals surface area (Å²) in [6.07, 6.45) is 0.0462. The number of rotatable bonds is 4. The Morgan fingerprint density at radius 3 is 2.64 bits per heavy atom. The monoisotopic (exact) mass is 472 g/mol. The molecule has 0 amide bonds. The molecular formula is C20H27F3N6O4. The van der Waals surface area contributed by atoms with Crippen molar-refractivity contribution in [3.63, 3.8) is 0 Å². The largest absolute Gasteiger partial charge is 0.490 e. The van der Waals surface area contributed by atoms with E-state index >= 15 is 0 Å².